The third kappa shape index (κ3) is 6.21. The van der Waals surface area contributed by atoms with Gasteiger partial charge in [-0.15, -0.1) is 6.42 Å². The van der Waals surface area contributed by atoms with Gasteiger partial charge in [-0.3, -0.25) is 4.79 Å². The first-order valence-corrected chi connectivity index (χ1v) is 10.9. The molecule has 0 spiro atoms. The van der Waals surface area contributed by atoms with Crippen LogP contribution in [0.2, 0.25) is 0 Å². The van der Waals surface area contributed by atoms with Gasteiger partial charge in [0.05, 0.1) is 24.2 Å². The maximum absolute atomic E-state index is 12.5. The normalized spacial score (nSPS) is 10.7. The molecule has 164 valence electrons. The van der Waals surface area contributed by atoms with Crippen molar-refractivity contribution in [1.29, 1.82) is 0 Å². The topological polar surface area (TPSA) is 130 Å². The van der Waals surface area contributed by atoms with Crippen LogP contribution < -0.4 is 20.7 Å². The van der Waals surface area contributed by atoms with Crippen LogP contribution >= 0.6 is 0 Å². The van der Waals surface area contributed by atoms with Crippen LogP contribution in [0.25, 0.3) is 0 Å². The van der Waals surface area contributed by atoms with Gasteiger partial charge in [-0.2, -0.15) is 4.72 Å². The molecule has 32 heavy (non-hydrogen) atoms. The van der Waals surface area contributed by atoms with E-state index in [-0.39, 0.29) is 23.5 Å². The summed E-state index contributed by atoms with van der Waals surface area (Å²) in [6.07, 6.45) is 6.60. The zero-order valence-electron chi connectivity index (χ0n) is 16.8. The SMILES string of the molecule is C#CCNS(=O)(=O)c1cccc(C(=O)Nc2ccc(NC(=O)NCc3ccco3)cc2)c1. The van der Waals surface area contributed by atoms with Gasteiger partial charge in [-0.25, -0.2) is 13.2 Å². The average Bonchev–Trinajstić information content (AvgIpc) is 3.31. The van der Waals surface area contributed by atoms with Crippen molar-refractivity contribution in [3.63, 3.8) is 0 Å². The molecule has 0 atom stereocenters. The minimum atomic E-state index is -3.81. The van der Waals surface area contributed by atoms with Crippen molar-refractivity contribution in [2.24, 2.45) is 0 Å². The van der Waals surface area contributed by atoms with E-state index < -0.39 is 22.0 Å². The molecule has 0 bridgehead atoms. The van der Waals surface area contributed by atoms with Crippen LogP contribution in [0, 0.1) is 12.3 Å². The van der Waals surface area contributed by atoms with Gasteiger partial charge >= 0.3 is 6.03 Å². The fourth-order valence-electron chi connectivity index (χ4n) is 2.62. The second kappa shape index (κ2) is 10.3. The van der Waals surface area contributed by atoms with Crippen LogP contribution in [0.1, 0.15) is 16.1 Å². The van der Waals surface area contributed by atoms with Crippen LogP contribution in [0.15, 0.2) is 76.2 Å². The largest absolute Gasteiger partial charge is 0.467 e. The lowest BCUT2D eigenvalue weighted by molar-refractivity contribution is 0.102. The maximum Gasteiger partial charge on any atom is 0.319 e. The van der Waals surface area contributed by atoms with Crippen LogP contribution in [0.5, 0.6) is 0 Å². The summed E-state index contributed by atoms with van der Waals surface area (Å²) in [7, 11) is -3.81. The van der Waals surface area contributed by atoms with Crippen molar-refractivity contribution in [3.8, 4) is 12.3 Å². The Bertz CT molecular complexity index is 1230. The van der Waals surface area contributed by atoms with Crippen molar-refractivity contribution in [3.05, 3.63) is 78.3 Å². The number of sulfonamides is 1. The first-order chi connectivity index (χ1) is 15.4. The fraction of sp³-hybridized carbons (Fsp3) is 0.0909. The number of hydrogen-bond donors (Lipinski definition) is 4. The van der Waals surface area contributed by atoms with Gasteiger partial charge in [-0.1, -0.05) is 12.0 Å². The van der Waals surface area contributed by atoms with Crippen molar-refractivity contribution in [1.82, 2.24) is 10.0 Å². The molecular weight excluding hydrogens is 432 g/mol. The Morgan fingerprint density at radius 1 is 0.969 bits per heavy atom. The molecule has 0 saturated heterocycles. The molecule has 1 aromatic heterocycles. The summed E-state index contributed by atoms with van der Waals surface area (Å²) >= 11 is 0. The van der Waals surface area contributed by atoms with E-state index in [2.05, 4.69) is 26.6 Å². The molecule has 9 nitrogen and oxygen atoms in total. The van der Waals surface area contributed by atoms with Crippen molar-refractivity contribution < 1.29 is 22.4 Å². The highest BCUT2D eigenvalue weighted by Gasteiger charge is 2.15. The molecule has 4 N–H and O–H groups in total. The summed E-state index contributed by atoms with van der Waals surface area (Å²) in [4.78, 5) is 24.4. The molecule has 0 aliphatic carbocycles. The molecule has 0 fully saturated rings. The number of urea groups is 1. The summed E-state index contributed by atoms with van der Waals surface area (Å²) in [5, 5.41) is 8.00. The van der Waals surface area contributed by atoms with Crippen molar-refractivity contribution >= 4 is 33.3 Å². The van der Waals surface area contributed by atoms with Gasteiger partial charge in [0, 0.05) is 16.9 Å². The molecule has 3 rings (SSSR count). The number of nitrogens with one attached hydrogen (secondary N) is 4. The Labute approximate surface area is 185 Å². The van der Waals surface area contributed by atoms with Crippen molar-refractivity contribution in [2.45, 2.75) is 11.4 Å². The number of carbonyl (C=O) groups is 2. The van der Waals surface area contributed by atoms with Gasteiger partial charge in [0.25, 0.3) is 5.91 Å². The van der Waals surface area contributed by atoms with E-state index >= 15 is 0 Å². The van der Waals surface area contributed by atoms with E-state index in [1.165, 1.54) is 30.5 Å². The quantitative estimate of drug-likeness (QED) is 0.391. The molecule has 2 aromatic carbocycles. The van der Waals surface area contributed by atoms with E-state index in [9.17, 15) is 18.0 Å². The molecule has 3 aromatic rings. The highest BCUT2D eigenvalue weighted by Crippen LogP contribution is 2.16. The molecule has 3 amide bonds. The van der Waals surface area contributed by atoms with E-state index in [4.69, 9.17) is 10.8 Å². The molecule has 1 heterocycles. The number of amides is 3. The van der Waals surface area contributed by atoms with Crippen LogP contribution in [-0.4, -0.2) is 26.9 Å². The van der Waals surface area contributed by atoms with Crippen LogP contribution in [-0.2, 0) is 16.6 Å². The molecule has 0 saturated carbocycles. The Kier molecular flexibility index (Phi) is 7.28. The van der Waals surface area contributed by atoms with Gasteiger partial charge in [-0.05, 0) is 54.6 Å². The maximum atomic E-state index is 12.5. The lowest BCUT2D eigenvalue weighted by atomic mass is 10.2. The minimum Gasteiger partial charge on any atom is -0.467 e. The van der Waals surface area contributed by atoms with E-state index in [1.807, 2.05) is 0 Å². The summed E-state index contributed by atoms with van der Waals surface area (Å²) in [6, 6.07) is 15.1. The van der Waals surface area contributed by atoms with Gasteiger partial charge in [0.1, 0.15) is 5.76 Å². The number of anilines is 2. The Balaban J connectivity index is 1.58. The third-order valence-corrected chi connectivity index (χ3v) is 5.57. The Morgan fingerprint density at radius 2 is 1.69 bits per heavy atom. The predicted octanol–water partition coefficient (Wildman–Crippen LogP) is 2.77. The summed E-state index contributed by atoms with van der Waals surface area (Å²) in [5.41, 5.74) is 1.15. The summed E-state index contributed by atoms with van der Waals surface area (Å²) < 4.78 is 31.7. The average molecular weight is 452 g/mol. The number of benzene rings is 2. The third-order valence-electron chi connectivity index (χ3n) is 4.17. The van der Waals surface area contributed by atoms with E-state index in [0.717, 1.165) is 0 Å². The second-order valence-electron chi connectivity index (χ2n) is 6.48. The number of carbonyl (C=O) groups excluding carboxylic acids is 2. The molecule has 0 radical (unpaired) electrons. The Hall–Kier alpha value is -4.07. The van der Waals surface area contributed by atoms with E-state index in [0.29, 0.717) is 17.1 Å². The van der Waals surface area contributed by atoms with Gasteiger partial charge in [0.2, 0.25) is 10.0 Å². The first kappa shape index (κ1) is 22.6. The minimum absolute atomic E-state index is 0.0690. The second-order valence-corrected chi connectivity index (χ2v) is 8.24. The van der Waals surface area contributed by atoms with Crippen molar-refractivity contribution in [2.75, 3.05) is 17.2 Å². The molecule has 0 aliphatic heterocycles. The number of rotatable bonds is 8. The smallest absolute Gasteiger partial charge is 0.319 e. The lowest BCUT2D eigenvalue weighted by Gasteiger charge is -2.10. The zero-order valence-corrected chi connectivity index (χ0v) is 17.6. The molecular formula is C22H20N4O5S. The van der Waals surface area contributed by atoms with Crippen LogP contribution in [0.4, 0.5) is 16.2 Å². The standard InChI is InChI=1S/C22H20N4O5S/c1-2-12-24-32(29,30)20-7-3-5-16(14-20)21(27)25-17-8-10-18(11-9-17)26-22(28)23-15-19-6-4-13-31-19/h1,3-11,13-14,24H,12,15H2,(H,25,27)(H2,23,26,28). The van der Waals surface area contributed by atoms with Gasteiger partial charge in [0.15, 0.2) is 0 Å². The zero-order chi connectivity index (χ0) is 23.0. The number of hydrogen-bond acceptors (Lipinski definition) is 5. The number of furan rings is 1. The highest BCUT2D eigenvalue weighted by molar-refractivity contribution is 7.89. The van der Waals surface area contributed by atoms with Gasteiger partial charge < -0.3 is 20.4 Å². The fourth-order valence-corrected chi connectivity index (χ4v) is 3.60. The summed E-state index contributed by atoms with van der Waals surface area (Å²) in [6.45, 7) is 0.0972. The Morgan fingerprint density at radius 3 is 2.34 bits per heavy atom. The lowest BCUT2D eigenvalue weighted by Crippen LogP contribution is -2.27. The first-order valence-electron chi connectivity index (χ1n) is 9.39. The van der Waals surface area contributed by atoms with E-state index in [1.54, 1.807) is 36.4 Å². The molecule has 0 unspecified atom stereocenters. The van der Waals surface area contributed by atoms with Crippen LogP contribution in [0.3, 0.4) is 0 Å². The summed E-state index contributed by atoms with van der Waals surface area (Å²) in [5.74, 6) is 2.33. The highest BCUT2D eigenvalue weighted by atomic mass is 32.2. The number of terminal acetylenes is 1. The monoisotopic (exact) mass is 452 g/mol. The molecule has 10 heteroatoms. The molecule has 0 aliphatic rings. The predicted molar refractivity (Wildman–Crippen MR) is 119 cm³/mol.